The second-order valence-electron chi connectivity index (χ2n) is 3.46. The Morgan fingerprint density at radius 1 is 1.43 bits per heavy atom. The van der Waals surface area contributed by atoms with Crippen LogP contribution in [-0.4, -0.2) is 19.1 Å². The van der Waals surface area contributed by atoms with Gasteiger partial charge in [-0.1, -0.05) is 24.3 Å². The molecule has 0 spiro atoms. The fourth-order valence-corrected chi connectivity index (χ4v) is 2.85. The van der Waals surface area contributed by atoms with E-state index >= 15 is 0 Å². The van der Waals surface area contributed by atoms with Crippen LogP contribution < -0.4 is 5.32 Å². The predicted molar refractivity (Wildman–Crippen MR) is 60.1 cm³/mol. The molecule has 14 heavy (non-hydrogen) atoms. The van der Waals surface area contributed by atoms with Crippen molar-refractivity contribution in [2.45, 2.75) is 12.1 Å². The average molecular weight is 207 g/mol. The summed E-state index contributed by atoms with van der Waals surface area (Å²) in [5.74, 6) is 0.191. The lowest BCUT2D eigenvalue weighted by Gasteiger charge is -2.13. The molecule has 0 bridgehead atoms. The van der Waals surface area contributed by atoms with Crippen LogP contribution in [0.1, 0.15) is 16.8 Å². The number of fused-ring (bicyclic) bond motifs is 1. The number of benzene rings is 1. The molecule has 0 fully saturated rings. The molecule has 2 unspecified atom stereocenters. The number of carbonyl (C=O) groups is 1. The van der Waals surface area contributed by atoms with Crippen LogP contribution in [0.3, 0.4) is 0 Å². The van der Waals surface area contributed by atoms with E-state index in [2.05, 4.69) is 24.1 Å². The van der Waals surface area contributed by atoms with E-state index in [-0.39, 0.29) is 11.6 Å². The minimum atomic E-state index is 0.0775. The van der Waals surface area contributed by atoms with Gasteiger partial charge in [0.1, 0.15) is 0 Å². The first-order valence-electron chi connectivity index (χ1n) is 4.85. The molecule has 2 rings (SSSR count). The van der Waals surface area contributed by atoms with Crippen molar-refractivity contribution in [1.29, 1.82) is 0 Å². The highest BCUT2D eigenvalue weighted by molar-refractivity contribution is 7.38. The third-order valence-electron chi connectivity index (χ3n) is 2.61. The number of carbonyl (C=O) groups excluding carboxylic acids is 1. The van der Waals surface area contributed by atoms with Gasteiger partial charge in [-0.2, -0.15) is 0 Å². The van der Waals surface area contributed by atoms with E-state index in [0.29, 0.717) is 8.58 Å². The molecule has 0 radical (unpaired) electrons. The number of amides is 1. The Balaban J connectivity index is 2.44. The van der Waals surface area contributed by atoms with Gasteiger partial charge in [0.2, 0.25) is 5.91 Å². The molecule has 1 heterocycles. The van der Waals surface area contributed by atoms with Gasteiger partial charge in [-0.05, 0) is 24.2 Å². The molecular weight excluding hydrogens is 193 g/mol. The van der Waals surface area contributed by atoms with Crippen molar-refractivity contribution in [3.8, 4) is 0 Å². The molecule has 1 N–H and O–H groups in total. The zero-order chi connectivity index (χ0) is 9.97. The number of hydrogen-bond donors (Lipinski definition) is 1. The molecule has 0 saturated heterocycles. The zero-order valence-electron chi connectivity index (χ0n) is 8.21. The van der Waals surface area contributed by atoms with E-state index in [0.717, 1.165) is 13.0 Å². The minimum absolute atomic E-state index is 0.0775. The van der Waals surface area contributed by atoms with Gasteiger partial charge < -0.3 is 5.32 Å². The van der Waals surface area contributed by atoms with Crippen LogP contribution in [-0.2, 0) is 11.2 Å². The van der Waals surface area contributed by atoms with E-state index in [4.69, 9.17) is 0 Å². The van der Waals surface area contributed by atoms with Crippen LogP contribution in [0, 0.1) is 0 Å². The van der Waals surface area contributed by atoms with Gasteiger partial charge in [-0.3, -0.25) is 4.79 Å². The smallest absolute Gasteiger partial charge is 0.231 e. The minimum Gasteiger partial charge on any atom is -0.355 e. The van der Waals surface area contributed by atoms with Crippen molar-refractivity contribution in [2.75, 3.05) is 13.2 Å². The van der Waals surface area contributed by atoms with Crippen LogP contribution in [0.4, 0.5) is 0 Å². The molecule has 0 aliphatic carbocycles. The molecule has 0 aromatic heterocycles. The van der Waals surface area contributed by atoms with Gasteiger partial charge in [0.05, 0.1) is 5.66 Å². The highest BCUT2D eigenvalue weighted by Crippen LogP contribution is 2.35. The Kier molecular flexibility index (Phi) is 2.83. The van der Waals surface area contributed by atoms with Gasteiger partial charge >= 0.3 is 0 Å². The second-order valence-corrected chi connectivity index (χ2v) is 4.62. The molecule has 0 saturated carbocycles. The zero-order valence-corrected chi connectivity index (χ0v) is 9.21. The van der Waals surface area contributed by atoms with Crippen molar-refractivity contribution in [3.63, 3.8) is 0 Å². The van der Waals surface area contributed by atoms with E-state index in [1.165, 1.54) is 11.1 Å². The van der Waals surface area contributed by atoms with Gasteiger partial charge in [-0.25, -0.2) is 0 Å². The molecule has 1 aliphatic rings. The molecule has 1 aliphatic heterocycles. The molecule has 74 valence electrons. The molecule has 2 atom stereocenters. The summed E-state index contributed by atoms with van der Waals surface area (Å²) in [6.07, 6.45) is 0.961. The quantitative estimate of drug-likeness (QED) is 0.698. The number of rotatable bonds is 1. The lowest BCUT2D eigenvalue weighted by molar-refractivity contribution is -0.120. The molecule has 1 aromatic rings. The summed E-state index contributed by atoms with van der Waals surface area (Å²) in [5, 5.41) is 2.96. The maximum absolute atomic E-state index is 11.7. The van der Waals surface area contributed by atoms with Crippen molar-refractivity contribution in [2.24, 2.45) is 0 Å². The first-order chi connectivity index (χ1) is 6.83. The van der Waals surface area contributed by atoms with Crippen LogP contribution in [0.25, 0.3) is 0 Å². The highest BCUT2D eigenvalue weighted by atomic mass is 31.1. The third kappa shape index (κ3) is 1.67. The van der Waals surface area contributed by atoms with Crippen LogP contribution in [0.15, 0.2) is 24.3 Å². The number of nitrogens with one attached hydrogen (secondary N) is 1. The molecule has 1 aromatic carbocycles. The van der Waals surface area contributed by atoms with Crippen LogP contribution in [0.2, 0.25) is 0 Å². The Morgan fingerprint density at radius 3 is 3.00 bits per heavy atom. The Bertz CT molecular complexity index is 351. The Labute approximate surface area is 85.9 Å². The Hall–Kier alpha value is -0.880. The van der Waals surface area contributed by atoms with Gasteiger partial charge in [0.15, 0.2) is 0 Å². The van der Waals surface area contributed by atoms with E-state index in [9.17, 15) is 4.79 Å². The van der Waals surface area contributed by atoms with Gasteiger partial charge in [0, 0.05) is 6.54 Å². The number of hydrogen-bond acceptors (Lipinski definition) is 1. The van der Waals surface area contributed by atoms with Crippen molar-refractivity contribution in [1.82, 2.24) is 5.32 Å². The monoisotopic (exact) mass is 207 g/mol. The third-order valence-corrected chi connectivity index (χ3v) is 3.76. The van der Waals surface area contributed by atoms with Gasteiger partial charge in [0.25, 0.3) is 0 Å². The van der Waals surface area contributed by atoms with Crippen molar-refractivity contribution < 1.29 is 4.79 Å². The van der Waals surface area contributed by atoms with Crippen molar-refractivity contribution in [3.05, 3.63) is 35.4 Å². The lowest BCUT2D eigenvalue weighted by Crippen LogP contribution is -2.26. The summed E-state index contributed by atoms with van der Waals surface area (Å²) in [6, 6.07) is 8.28. The fraction of sp³-hybridized carbons (Fsp3) is 0.364. The SMILES string of the molecule is CPC1C(=O)NCCc2ccccc21. The summed E-state index contributed by atoms with van der Waals surface area (Å²) in [7, 11) is 0.638. The second kappa shape index (κ2) is 4.10. The summed E-state index contributed by atoms with van der Waals surface area (Å²) in [4.78, 5) is 11.7. The summed E-state index contributed by atoms with van der Waals surface area (Å²) in [5.41, 5.74) is 2.63. The maximum atomic E-state index is 11.7. The highest BCUT2D eigenvalue weighted by Gasteiger charge is 2.23. The van der Waals surface area contributed by atoms with E-state index in [1.54, 1.807) is 0 Å². The largest absolute Gasteiger partial charge is 0.355 e. The summed E-state index contributed by atoms with van der Waals surface area (Å²) >= 11 is 0. The van der Waals surface area contributed by atoms with E-state index < -0.39 is 0 Å². The van der Waals surface area contributed by atoms with Crippen LogP contribution >= 0.6 is 8.58 Å². The topological polar surface area (TPSA) is 29.1 Å². The van der Waals surface area contributed by atoms with Gasteiger partial charge in [-0.15, -0.1) is 8.58 Å². The Morgan fingerprint density at radius 2 is 2.21 bits per heavy atom. The summed E-state index contributed by atoms with van der Waals surface area (Å²) in [6.45, 7) is 2.86. The molecule has 1 amide bonds. The first kappa shape index (κ1) is 9.67. The molecular formula is C11H14NOP. The van der Waals surface area contributed by atoms with E-state index in [1.807, 2.05) is 12.1 Å². The standard InChI is InChI=1S/C11H14NOP/c1-14-10-9-5-3-2-4-8(9)6-7-12-11(10)13/h2-5,10,14H,6-7H2,1H3,(H,12,13). The normalized spacial score (nSPS) is 21.8. The van der Waals surface area contributed by atoms with Crippen molar-refractivity contribution >= 4 is 14.5 Å². The summed E-state index contributed by atoms with van der Waals surface area (Å²) < 4.78 is 0. The molecule has 2 nitrogen and oxygen atoms in total. The van der Waals surface area contributed by atoms with Crippen LogP contribution in [0.5, 0.6) is 0 Å². The lowest BCUT2D eigenvalue weighted by atomic mass is 10.0. The first-order valence-corrected chi connectivity index (χ1v) is 6.43. The average Bonchev–Trinajstić information content (AvgIpc) is 2.36. The maximum Gasteiger partial charge on any atom is 0.231 e. The molecule has 3 heteroatoms. The fourth-order valence-electron chi connectivity index (χ4n) is 1.89. The predicted octanol–water partition coefficient (Wildman–Crippen LogP) is 1.71.